The summed E-state index contributed by atoms with van der Waals surface area (Å²) in [6, 6.07) is 18.2. The molecule has 4 rings (SSSR count). The molecule has 0 saturated carbocycles. The van der Waals surface area contributed by atoms with Gasteiger partial charge in [0.25, 0.3) is 5.91 Å². The van der Waals surface area contributed by atoms with Crippen molar-refractivity contribution in [2.45, 2.75) is 25.4 Å². The first-order chi connectivity index (χ1) is 16.4. The highest BCUT2D eigenvalue weighted by atomic mass is 127. The Morgan fingerprint density at radius 2 is 1.82 bits per heavy atom. The number of aryl methyl sites for hydroxylation is 1. The standard InChI is InChI=1S/C26H24FIN2O3S/c1-3-16-6-10-20(11-7-16)29-26-30-25(31)23(34-26)14-18-12-21(28)24(22(13-18)32-2)33-15-17-4-8-19(27)9-5-17/h4-14,26,29H,3,15H2,1-2H3,(H,30,31)/b23-14-/t26-/m1/s1. The van der Waals surface area contributed by atoms with Crippen molar-refractivity contribution >= 4 is 52.0 Å². The smallest absolute Gasteiger partial charge is 0.260 e. The summed E-state index contributed by atoms with van der Waals surface area (Å²) in [4.78, 5) is 13.2. The Morgan fingerprint density at radius 1 is 1.12 bits per heavy atom. The second-order valence-electron chi connectivity index (χ2n) is 7.62. The van der Waals surface area contributed by atoms with Crippen LogP contribution in [0.25, 0.3) is 6.08 Å². The molecule has 3 aromatic rings. The summed E-state index contributed by atoms with van der Waals surface area (Å²) in [6.07, 6.45) is 2.83. The summed E-state index contributed by atoms with van der Waals surface area (Å²) < 4.78 is 25.5. The Bertz CT molecular complexity index is 1200. The van der Waals surface area contributed by atoms with Crippen molar-refractivity contribution in [3.63, 3.8) is 0 Å². The first-order valence-electron chi connectivity index (χ1n) is 10.7. The zero-order chi connectivity index (χ0) is 24.1. The molecule has 8 heteroatoms. The second kappa shape index (κ2) is 11.1. The molecule has 3 aromatic carbocycles. The van der Waals surface area contributed by atoms with Crippen LogP contribution in [0.15, 0.2) is 65.6 Å². The van der Waals surface area contributed by atoms with Crippen LogP contribution in [0.5, 0.6) is 11.5 Å². The van der Waals surface area contributed by atoms with Crippen LogP contribution >= 0.6 is 34.4 Å². The van der Waals surface area contributed by atoms with Crippen LogP contribution in [-0.2, 0) is 17.8 Å². The van der Waals surface area contributed by atoms with Gasteiger partial charge in [0.15, 0.2) is 17.0 Å². The van der Waals surface area contributed by atoms with Crippen molar-refractivity contribution in [1.82, 2.24) is 5.32 Å². The maximum absolute atomic E-state index is 13.1. The summed E-state index contributed by atoms with van der Waals surface area (Å²) in [5, 5.41) is 6.30. The number of methoxy groups -OCH3 is 1. The van der Waals surface area contributed by atoms with Crippen molar-refractivity contribution in [3.8, 4) is 11.5 Å². The van der Waals surface area contributed by atoms with E-state index in [2.05, 4.69) is 52.3 Å². The van der Waals surface area contributed by atoms with Gasteiger partial charge >= 0.3 is 0 Å². The second-order valence-corrected chi connectivity index (χ2v) is 9.93. The van der Waals surface area contributed by atoms with E-state index in [1.165, 1.54) is 29.5 Å². The van der Waals surface area contributed by atoms with Gasteiger partial charge in [-0.25, -0.2) is 4.39 Å². The molecule has 0 spiro atoms. The molecular weight excluding hydrogens is 566 g/mol. The van der Waals surface area contributed by atoms with Crippen molar-refractivity contribution in [1.29, 1.82) is 0 Å². The number of hydrogen-bond acceptors (Lipinski definition) is 5. The molecule has 2 N–H and O–H groups in total. The zero-order valence-electron chi connectivity index (χ0n) is 18.7. The number of carbonyl (C=O) groups is 1. The van der Waals surface area contributed by atoms with Crippen LogP contribution < -0.4 is 20.1 Å². The average molecular weight is 590 g/mol. The van der Waals surface area contributed by atoms with Gasteiger partial charge in [0.2, 0.25) is 0 Å². The third-order valence-corrected chi connectivity index (χ3v) is 7.07. The number of ether oxygens (including phenoxy) is 2. The molecule has 1 fully saturated rings. The molecule has 5 nitrogen and oxygen atoms in total. The number of halogens is 2. The van der Waals surface area contributed by atoms with Crippen molar-refractivity contribution < 1.29 is 18.7 Å². The van der Waals surface area contributed by atoms with Gasteiger partial charge in [-0.05, 0) is 88.2 Å². The number of carbonyl (C=O) groups excluding carboxylic acids is 1. The minimum absolute atomic E-state index is 0.127. The van der Waals surface area contributed by atoms with Crippen LogP contribution in [0, 0.1) is 9.39 Å². The van der Waals surface area contributed by atoms with E-state index in [9.17, 15) is 9.18 Å². The summed E-state index contributed by atoms with van der Waals surface area (Å²) >= 11 is 3.62. The highest BCUT2D eigenvalue weighted by Crippen LogP contribution is 2.37. The minimum atomic E-state index is -0.283. The Morgan fingerprint density at radius 3 is 2.50 bits per heavy atom. The van der Waals surface area contributed by atoms with E-state index in [4.69, 9.17) is 9.47 Å². The molecule has 0 radical (unpaired) electrons. The van der Waals surface area contributed by atoms with Crippen molar-refractivity contribution in [2.75, 3.05) is 12.4 Å². The highest BCUT2D eigenvalue weighted by molar-refractivity contribution is 14.1. The fourth-order valence-electron chi connectivity index (χ4n) is 3.40. The van der Waals surface area contributed by atoms with E-state index < -0.39 is 0 Å². The predicted octanol–water partition coefficient (Wildman–Crippen LogP) is 6.18. The monoisotopic (exact) mass is 590 g/mol. The summed E-state index contributed by atoms with van der Waals surface area (Å²) in [5.41, 5.74) is 3.66. The highest BCUT2D eigenvalue weighted by Gasteiger charge is 2.27. The molecule has 1 amide bonds. The lowest BCUT2D eigenvalue weighted by molar-refractivity contribution is -0.116. The van der Waals surface area contributed by atoms with Gasteiger partial charge in [-0.15, -0.1) is 0 Å². The third kappa shape index (κ3) is 6.04. The Hall–Kier alpha value is -2.72. The van der Waals surface area contributed by atoms with Gasteiger partial charge in [-0.1, -0.05) is 43.0 Å². The van der Waals surface area contributed by atoms with E-state index in [0.717, 1.165) is 26.8 Å². The number of amides is 1. The predicted molar refractivity (Wildman–Crippen MR) is 143 cm³/mol. The van der Waals surface area contributed by atoms with Crippen molar-refractivity contribution in [2.24, 2.45) is 0 Å². The Labute approximate surface area is 216 Å². The Kier molecular flexibility index (Phi) is 7.99. The van der Waals surface area contributed by atoms with Crippen LogP contribution in [-0.4, -0.2) is 18.5 Å². The maximum atomic E-state index is 13.1. The lowest BCUT2D eigenvalue weighted by atomic mass is 10.1. The SMILES string of the molecule is CCc1ccc(N[C@@H]2NC(=O)/C(=C/c3cc(I)c(OCc4ccc(F)cc4)c(OC)c3)S2)cc1. The lowest BCUT2D eigenvalue weighted by Crippen LogP contribution is -2.30. The van der Waals surface area contributed by atoms with Gasteiger partial charge in [-0.2, -0.15) is 0 Å². The molecular formula is C26H24FIN2O3S. The average Bonchev–Trinajstić information content (AvgIpc) is 3.17. The van der Waals surface area contributed by atoms with Gasteiger partial charge < -0.3 is 20.1 Å². The minimum Gasteiger partial charge on any atom is -0.493 e. The number of anilines is 1. The first kappa shape index (κ1) is 24.4. The molecule has 0 aliphatic carbocycles. The largest absolute Gasteiger partial charge is 0.493 e. The van der Waals surface area contributed by atoms with Crippen LogP contribution in [0.1, 0.15) is 23.6 Å². The fraction of sp³-hybridized carbons (Fsp3) is 0.192. The summed E-state index contributed by atoms with van der Waals surface area (Å²) in [5.74, 6) is 0.760. The molecule has 34 heavy (non-hydrogen) atoms. The topological polar surface area (TPSA) is 59.6 Å². The third-order valence-electron chi connectivity index (χ3n) is 5.24. The molecule has 1 aliphatic heterocycles. The number of rotatable bonds is 8. The molecule has 1 atom stereocenters. The molecule has 0 aromatic heterocycles. The van der Waals surface area contributed by atoms with E-state index >= 15 is 0 Å². The number of hydrogen-bond donors (Lipinski definition) is 2. The van der Waals surface area contributed by atoms with Gasteiger partial charge in [-0.3, -0.25) is 4.79 Å². The molecule has 1 heterocycles. The van der Waals surface area contributed by atoms with Gasteiger partial charge in [0.05, 0.1) is 15.6 Å². The summed E-state index contributed by atoms with van der Waals surface area (Å²) in [7, 11) is 1.58. The van der Waals surface area contributed by atoms with Crippen LogP contribution in [0.2, 0.25) is 0 Å². The molecule has 0 unspecified atom stereocenters. The maximum Gasteiger partial charge on any atom is 0.260 e. The van der Waals surface area contributed by atoms with Crippen LogP contribution in [0.4, 0.5) is 10.1 Å². The number of benzene rings is 3. The van der Waals surface area contributed by atoms with E-state index in [-0.39, 0.29) is 23.8 Å². The normalized spacial score (nSPS) is 16.4. The molecule has 0 bridgehead atoms. The van der Waals surface area contributed by atoms with Crippen LogP contribution in [0.3, 0.4) is 0 Å². The molecule has 1 aliphatic rings. The number of thioether (sulfide) groups is 1. The van der Waals surface area contributed by atoms with Crippen molar-refractivity contribution in [3.05, 3.63) is 91.6 Å². The quantitative estimate of drug-likeness (QED) is 0.243. The molecule has 176 valence electrons. The van der Waals surface area contributed by atoms with Gasteiger partial charge in [0, 0.05) is 5.69 Å². The lowest BCUT2D eigenvalue weighted by Gasteiger charge is -2.14. The van der Waals surface area contributed by atoms with Gasteiger partial charge in [0.1, 0.15) is 12.4 Å². The van der Waals surface area contributed by atoms with E-state index in [1.54, 1.807) is 19.2 Å². The fourth-order valence-corrected chi connectivity index (χ4v) is 5.17. The van der Waals surface area contributed by atoms with E-state index in [1.807, 2.05) is 30.3 Å². The van der Waals surface area contributed by atoms with E-state index in [0.29, 0.717) is 16.4 Å². The Balaban J connectivity index is 1.46. The molecule has 1 saturated heterocycles. The number of nitrogens with one attached hydrogen (secondary N) is 2. The zero-order valence-corrected chi connectivity index (χ0v) is 21.7. The first-order valence-corrected chi connectivity index (χ1v) is 12.7. The summed E-state index contributed by atoms with van der Waals surface area (Å²) in [6.45, 7) is 2.41.